The van der Waals surface area contributed by atoms with Crippen LogP contribution in [-0.4, -0.2) is 48.0 Å². The maximum atomic E-state index is 14.1. The average Bonchev–Trinajstić information content (AvgIpc) is 3.07. The van der Waals surface area contributed by atoms with Crippen molar-refractivity contribution in [3.05, 3.63) is 51.6 Å². The molecule has 1 aromatic carbocycles. The summed E-state index contributed by atoms with van der Waals surface area (Å²) in [6.45, 7) is 6.49. The number of halogens is 2. The molecule has 1 spiro atoms. The summed E-state index contributed by atoms with van der Waals surface area (Å²) in [7, 11) is 0. The number of nitrogens with zero attached hydrogens (tertiary/aromatic N) is 2. The fourth-order valence-corrected chi connectivity index (χ4v) is 4.80. The number of nitrogens with one attached hydrogen (secondary N) is 1. The molecule has 1 saturated heterocycles. The van der Waals surface area contributed by atoms with E-state index < -0.39 is 11.8 Å². The van der Waals surface area contributed by atoms with Gasteiger partial charge < -0.3 is 14.8 Å². The van der Waals surface area contributed by atoms with Crippen molar-refractivity contribution in [1.29, 1.82) is 0 Å². The normalized spacial score (nSPS) is 18.4. The highest BCUT2D eigenvalue weighted by Crippen LogP contribution is 2.37. The van der Waals surface area contributed by atoms with Crippen LogP contribution in [0.15, 0.2) is 18.2 Å². The van der Waals surface area contributed by atoms with E-state index in [9.17, 15) is 14.0 Å². The molecule has 1 amide bonds. The molecule has 1 fully saturated rings. The highest BCUT2D eigenvalue weighted by molar-refractivity contribution is 6.31. The smallest absolute Gasteiger partial charge is 0.341 e. The predicted molar refractivity (Wildman–Crippen MR) is 121 cm³/mol. The van der Waals surface area contributed by atoms with Gasteiger partial charge in [-0.25, -0.2) is 9.18 Å². The third-order valence-corrected chi connectivity index (χ3v) is 6.86. The quantitative estimate of drug-likeness (QED) is 0.640. The minimum Gasteiger partial charge on any atom is -0.462 e. The molecule has 1 aromatic heterocycles. The molecule has 0 aliphatic carbocycles. The van der Waals surface area contributed by atoms with Gasteiger partial charge in [0.05, 0.1) is 34.1 Å². The van der Waals surface area contributed by atoms with E-state index in [2.05, 4.69) is 5.32 Å². The van der Waals surface area contributed by atoms with Gasteiger partial charge in [0.1, 0.15) is 0 Å². The van der Waals surface area contributed by atoms with Crippen molar-refractivity contribution in [3.63, 3.8) is 0 Å². The van der Waals surface area contributed by atoms with E-state index in [0.717, 1.165) is 30.7 Å². The van der Waals surface area contributed by atoms with E-state index in [4.69, 9.17) is 26.2 Å². The molecule has 9 heteroatoms. The number of carbonyl (C=O) groups excluding carboxylic acids is 2. The molecule has 1 N–H and O–H groups in total. The van der Waals surface area contributed by atoms with Crippen molar-refractivity contribution < 1.29 is 23.5 Å². The van der Waals surface area contributed by atoms with Crippen LogP contribution in [0.4, 0.5) is 4.39 Å². The Morgan fingerprint density at radius 2 is 2.15 bits per heavy atom. The fraction of sp³-hybridized carbons (Fsp3) is 0.542. The molecule has 33 heavy (non-hydrogen) atoms. The number of fused-ring (bicyclic) bond motifs is 1. The summed E-state index contributed by atoms with van der Waals surface area (Å²) in [6.07, 6.45) is 3.17. The van der Waals surface area contributed by atoms with Gasteiger partial charge in [-0.1, -0.05) is 31.5 Å². The molecule has 7 nitrogen and oxygen atoms in total. The van der Waals surface area contributed by atoms with Crippen LogP contribution in [0.5, 0.6) is 0 Å². The molecular weight excluding hydrogens is 449 g/mol. The third kappa shape index (κ3) is 4.92. The van der Waals surface area contributed by atoms with Crippen molar-refractivity contribution >= 4 is 23.5 Å². The second-order valence-electron chi connectivity index (χ2n) is 9.08. The number of esters is 1. The monoisotopic (exact) mass is 477 g/mol. The molecule has 2 aromatic rings. The van der Waals surface area contributed by atoms with Crippen molar-refractivity contribution in [1.82, 2.24) is 15.1 Å². The van der Waals surface area contributed by atoms with E-state index in [1.54, 1.807) is 0 Å². The summed E-state index contributed by atoms with van der Waals surface area (Å²) in [4.78, 5) is 25.3. The number of amides is 1. The minimum absolute atomic E-state index is 0.0399. The number of rotatable bonds is 6. The number of hydrogen-bond acceptors (Lipinski definition) is 5. The van der Waals surface area contributed by atoms with Gasteiger partial charge >= 0.3 is 5.97 Å². The zero-order valence-electron chi connectivity index (χ0n) is 19.0. The summed E-state index contributed by atoms with van der Waals surface area (Å²) >= 11 is 5.76. The Labute approximate surface area is 197 Å². The summed E-state index contributed by atoms with van der Waals surface area (Å²) in [6, 6.07) is 4.24. The Balaban J connectivity index is 1.50. The topological polar surface area (TPSA) is 82.5 Å². The van der Waals surface area contributed by atoms with Gasteiger partial charge in [0.2, 0.25) is 0 Å². The fourth-order valence-electron chi connectivity index (χ4n) is 4.63. The molecule has 1 atom stereocenters. The van der Waals surface area contributed by atoms with Crippen molar-refractivity contribution in [2.45, 2.75) is 46.1 Å². The van der Waals surface area contributed by atoms with Crippen LogP contribution in [0, 0.1) is 17.2 Å². The highest BCUT2D eigenvalue weighted by Gasteiger charge is 2.39. The molecule has 3 heterocycles. The number of aryl methyl sites for hydroxylation is 1. The molecule has 0 bridgehead atoms. The first-order valence-electron chi connectivity index (χ1n) is 11.4. The first-order chi connectivity index (χ1) is 15.8. The van der Waals surface area contributed by atoms with Crippen molar-refractivity contribution in [2.24, 2.45) is 11.3 Å². The SMILES string of the molecule is CCc1nn(C[C@@H](C)COC(=O)c2cccc(Cl)c2F)c2c1C(=O)NCC1(CCOCC1)C2. The van der Waals surface area contributed by atoms with Crippen molar-refractivity contribution in [3.8, 4) is 0 Å². The van der Waals surface area contributed by atoms with Crippen LogP contribution in [-0.2, 0) is 28.9 Å². The first kappa shape index (κ1) is 23.7. The lowest BCUT2D eigenvalue weighted by atomic mass is 9.76. The largest absolute Gasteiger partial charge is 0.462 e. The molecular formula is C24H29ClFN3O4. The van der Waals surface area contributed by atoms with Crippen LogP contribution in [0.2, 0.25) is 5.02 Å². The second kappa shape index (κ2) is 9.81. The number of ether oxygens (including phenoxy) is 2. The van der Waals surface area contributed by atoms with Gasteiger partial charge in [0.15, 0.2) is 5.82 Å². The van der Waals surface area contributed by atoms with Gasteiger partial charge in [-0.3, -0.25) is 9.48 Å². The van der Waals surface area contributed by atoms with Crippen LogP contribution in [0.25, 0.3) is 0 Å². The molecule has 0 unspecified atom stereocenters. The number of benzene rings is 1. The molecule has 178 valence electrons. The highest BCUT2D eigenvalue weighted by atomic mass is 35.5. The Morgan fingerprint density at radius 1 is 1.39 bits per heavy atom. The Bertz CT molecular complexity index is 1050. The summed E-state index contributed by atoms with van der Waals surface area (Å²) in [5.41, 5.74) is 2.15. The van der Waals surface area contributed by atoms with Gasteiger partial charge in [-0.2, -0.15) is 5.10 Å². The molecule has 4 rings (SSSR count). The van der Waals surface area contributed by atoms with Crippen LogP contribution in [0.3, 0.4) is 0 Å². The summed E-state index contributed by atoms with van der Waals surface area (Å²) in [5.74, 6) is -1.71. The van der Waals surface area contributed by atoms with Crippen LogP contribution in [0.1, 0.15) is 58.8 Å². The number of aromatic nitrogens is 2. The third-order valence-electron chi connectivity index (χ3n) is 6.57. The maximum Gasteiger partial charge on any atom is 0.341 e. The Morgan fingerprint density at radius 3 is 2.88 bits per heavy atom. The van der Waals surface area contributed by atoms with E-state index in [1.807, 2.05) is 18.5 Å². The van der Waals surface area contributed by atoms with Crippen LogP contribution < -0.4 is 5.32 Å². The van der Waals surface area contributed by atoms with E-state index >= 15 is 0 Å². The maximum absolute atomic E-state index is 14.1. The molecule has 2 aliphatic heterocycles. The lowest BCUT2D eigenvalue weighted by Crippen LogP contribution is -2.41. The Kier molecular flexibility index (Phi) is 7.05. The van der Waals surface area contributed by atoms with Crippen LogP contribution >= 0.6 is 11.6 Å². The van der Waals surface area contributed by atoms with Gasteiger partial charge in [0.25, 0.3) is 5.91 Å². The average molecular weight is 478 g/mol. The first-order valence-corrected chi connectivity index (χ1v) is 11.8. The van der Waals surface area contributed by atoms with Gasteiger partial charge in [0, 0.05) is 32.2 Å². The predicted octanol–water partition coefficient (Wildman–Crippen LogP) is 3.81. The number of hydrogen-bond donors (Lipinski definition) is 1. The van der Waals surface area contributed by atoms with Gasteiger partial charge in [-0.05, 0) is 43.2 Å². The van der Waals surface area contributed by atoms with E-state index in [-0.39, 0.29) is 34.4 Å². The lowest BCUT2D eigenvalue weighted by Gasteiger charge is -2.36. The standard InChI is InChI=1S/C24H29ClFN3O4/c1-3-18-20-19(11-24(14-27-22(20)30)7-9-32-10-8-24)29(28-18)12-15(2)13-33-23(31)16-5-4-6-17(25)21(16)26/h4-6,15H,3,7-14H2,1-2H3,(H,27,30)/t15-/m1/s1. The number of carbonyl (C=O) groups is 2. The lowest BCUT2D eigenvalue weighted by molar-refractivity contribution is 0.0151. The Hall–Kier alpha value is -2.45. The van der Waals surface area contributed by atoms with Gasteiger partial charge in [-0.15, -0.1) is 0 Å². The molecule has 0 radical (unpaired) electrons. The van der Waals surface area contributed by atoms with E-state index in [1.165, 1.54) is 18.2 Å². The summed E-state index contributed by atoms with van der Waals surface area (Å²) < 4.78 is 26.9. The summed E-state index contributed by atoms with van der Waals surface area (Å²) in [5, 5.41) is 7.72. The zero-order chi connectivity index (χ0) is 23.6. The van der Waals surface area contributed by atoms with E-state index in [0.29, 0.717) is 38.3 Å². The molecule has 2 aliphatic rings. The van der Waals surface area contributed by atoms with Crippen molar-refractivity contribution in [2.75, 3.05) is 26.4 Å². The zero-order valence-corrected chi connectivity index (χ0v) is 19.7. The minimum atomic E-state index is -0.783. The second-order valence-corrected chi connectivity index (χ2v) is 9.49. The molecule has 0 saturated carbocycles.